The van der Waals surface area contributed by atoms with Crippen molar-refractivity contribution in [1.82, 2.24) is 15.8 Å². The van der Waals surface area contributed by atoms with Gasteiger partial charge in [-0.2, -0.15) is 0 Å². The monoisotopic (exact) mass is 515 g/mol. The van der Waals surface area contributed by atoms with Crippen LogP contribution in [0.1, 0.15) is 68.0 Å². The molecule has 2 aromatic rings. The Bertz CT molecular complexity index is 1100. The lowest BCUT2D eigenvalue weighted by molar-refractivity contribution is -0.306. The number of ether oxygens (including phenoxy) is 2. The van der Waals surface area contributed by atoms with Crippen molar-refractivity contribution in [2.24, 2.45) is 22.7 Å². The normalized spacial score (nSPS) is 35.3. The second-order valence-electron chi connectivity index (χ2n) is 11.3. The standard InChI is InChI=1S/C27H37N3O7/c1-16-11-19(30-37-16)25(33)29-14-24-35-15-27(3)21-7-6-20(31)18(26(21,2)9-8-22(27)36-24)12-23(32)28-13-17-5-4-10-34-17/h4-5,10-11,18,20-22,24,31H,6-9,12-15H2,1-3H3,(H,28,32)(H,29,33)/t18-,20-,21+,22-,24-,26+,27+/m1/s1. The smallest absolute Gasteiger partial charge is 0.273 e. The first-order valence-corrected chi connectivity index (χ1v) is 13.1. The highest BCUT2D eigenvalue weighted by Gasteiger charge is 2.61. The third-order valence-corrected chi connectivity index (χ3v) is 8.97. The van der Waals surface area contributed by atoms with Crippen molar-refractivity contribution in [2.75, 3.05) is 13.2 Å². The topological polar surface area (TPSA) is 136 Å². The zero-order chi connectivity index (χ0) is 26.2. The van der Waals surface area contributed by atoms with Crippen LogP contribution in [0.15, 0.2) is 33.4 Å². The van der Waals surface area contributed by atoms with Crippen LogP contribution in [0.3, 0.4) is 0 Å². The van der Waals surface area contributed by atoms with Gasteiger partial charge in [0.2, 0.25) is 5.91 Å². The van der Waals surface area contributed by atoms with Crippen LogP contribution in [-0.4, -0.2) is 53.7 Å². The average Bonchev–Trinajstić information content (AvgIpc) is 3.55. The van der Waals surface area contributed by atoms with E-state index in [1.54, 1.807) is 25.3 Å². The van der Waals surface area contributed by atoms with Gasteiger partial charge in [-0.1, -0.05) is 19.0 Å². The Morgan fingerprint density at radius 1 is 1.19 bits per heavy atom. The van der Waals surface area contributed by atoms with Crippen molar-refractivity contribution in [3.05, 3.63) is 41.7 Å². The van der Waals surface area contributed by atoms with E-state index in [-0.39, 0.29) is 59.2 Å². The first-order valence-electron chi connectivity index (χ1n) is 13.1. The molecule has 1 aliphatic heterocycles. The number of aliphatic hydroxyl groups excluding tert-OH is 1. The summed E-state index contributed by atoms with van der Waals surface area (Å²) in [6.07, 6.45) is 3.92. The fourth-order valence-electron chi connectivity index (χ4n) is 7.00. The van der Waals surface area contributed by atoms with Gasteiger partial charge in [0.1, 0.15) is 11.5 Å². The SMILES string of the molecule is Cc1cc(C(=O)NC[C@@H]2OC[C@@]3(C)[C@H]4CC[C@@H](O)[C@@H](CC(=O)NCc5ccco5)[C@]4(C)CC[C@H]3O2)no1. The molecule has 2 aliphatic carbocycles. The number of amides is 2. The van der Waals surface area contributed by atoms with Gasteiger partial charge < -0.3 is 34.2 Å². The molecule has 10 nitrogen and oxygen atoms in total. The van der Waals surface area contributed by atoms with Gasteiger partial charge in [0.05, 0.1) is 38.2 Å². The van der Waals surface area contributed by atoms with E-state index >= 15 is 0 Å². The number of hydrogen-bond acceptors (Lipinski definition) is 8. The number of carbonyl (C=O) groups is 2. The Morgan fingerprint density at radius 2 is 2.03 bits per heavy atom. The molecule has 2 amide bonds. The number of aliphatic hydroxyl groups is 1. The highest BCUT2D eigenvalue weighted by Crippen LogP contribution is 2.62. The minimum atomic E-state index is -0.545. The summed E-state index contributed by atoms with van der Waals surface area (Å²) < 4.78 is 22.8. The van der Waals surface area contributed by atoms with E-state index in [0.717, 1.165) is 19.3 Å². The van der Waals surface area contributed by atoms with Gasteiger partial charge >= 0.3 is 0 Å². The lowest BCUT2D eigenvalue weighted by Crippen LogP contribution is -2.63. The number of hydrogen-bond donors (Lipinski definition) is 3. The molecule has 0 bridgehead atoms. The van der Waals surface area contributed by atoms with Crippen LogP contribution >= 0.6 is 0 Å². The molecule has 0 aromatic carbocycles. The predicted octanol–water partition coefficient (Wildman–Crippen LogP) is 2.95. The number of furan rings is 1. The van der Waals surface area contributed by atoms with E-state index in [0.29, 0.717) is 31.1 Å². The first-order chi connectivity index (χ1) is 17.7. The van der Waals surface area contributed by atoms with Gasteiger partial charge in [0.25, 0.3) is 5.91 Å². The lowest BCUT2D eigenvalue weighted by Gasteiger charge is -2.63. The molecule has 5 rings (SSSR count). The quantitative estimate of drug-likeness (QED) is 0.512. The van der Waals surface area contributed by atoms with E-state index in [1.165, 1.54) is 0 Å². The van der Waals surface area contributed by atoms with Crippen molar-refractivity contribution in [2.45, 2.75) is 77.9 Å². The second-order valence-corrected chi connectivity index (χ2v) is 11.3. The summed E-state index contributed by atoms with van der Waals surface area (Å²) in [6.45, 7) is 7.21. The van der Waals surface area contributed by atoms with E-state index in [1.807, 2.05) is 6.07 Å². The van der Waals surface area contributed by atoms with Crippen molar-refractivity contribution in [1.29, 1.82) is 0 Å². The maximum Gasteiger partial charge on any atom is 0.273 e. The van der Waals surface area contributed by atoms with Crippen LogP contribution in [-0.2, 0) is 20.8 Å². The number of aromatic nitrogens is 1. The van der Waals surface area contributed by atoms with E-state index in [2.05, 4.69) is 29.6 Å². The summed E-state index contributed by atoms with van der Waals surface area (Å²) in [5, 5.41) is 20.5. The number of nitrogens with zero attached hydrogens (tertiary/aromatic N) is 1. The minimum absolute atomic E-state index is 0.0285. The van der Waals surface area contributed by atoms with Gasteiger partial charge in [0.15, 0.2) is 12.0 Å². The van der Waals surface area contributed by atoms with Crippen LogP contribution < -0.4 is 10.6 Å². The molecule has 0 radical (unpaired) electrons. The van der Waals surface area contributed by atoms with Gasteiger partial charge in [0, 0.05) is 17.9 Å². The van der Waals surface area contributed by atoms with Gasteiger partial charge in [-0.15, -0.1) is 0 Å². The number of nitrogens with one attached hydrogen (secondary N) is 2. The van der Waals surface area contributed by atoms with E-state index < -0.39 is 12.4 Å². The average molecular weight is 516 g/mol. The summed E-state index contributed by atoms with van der Waals surface area (Å²) in [5.74, 6) is 0.949. The molecule has 0 unspecified atom stereocenters. The molecule has 10 heteroatoms. The Kier molecular flexibility index (Phi) is 7.17. The third kappa shape index (κ3) is 5.06. The van der Waals surface area contributed by atoms with Crippen LogP contribution in [0.5, 0.6) is 0 Å². The molecule has 3 N–H and O–H groups in total. The molecular weight excluding hydrogens is 478 g/mol. The van der Waals surface area contributed by atoms with Gasteiger partial charge in [-0.3, -0.25) is 9.59 Å². The first kappa shape index (κ1) is 25.9. The maximum absolute atomic E-state index is 12.8. The molecule has 7 atom stereocenters. The van der Waals surface area contributed by atoms with Crippen LogP contribution in [0.4, 0.5) is 0 Å². The van der Waals surface area contributed by atoms with Crippen LogP contribution in [0.2, 0.25) is 0 Å². The summed E-state index contributed by atoms with van der Waals surface area (Å²) in [6, 6.07) is 5.20. The second kappa shape index (κ2) is 10.2. The molecule has 0 spiro atoms. The Hall–Kier alpha value is -2.69. The number of carbonyl (C=O) groups excluding carboxylic acids is 2. The summed E-state index contributed by atoms with van der Waals surface area (Å²) in [4.78, 5) is 25.2. The highest BCUT2D eigenvalue weighted by molar-refractivity contribution is 5.92. The maximum atomic E-state index is 12.8. The number of rotatable bonds is 7. The zero-order valence-corrected chi connectivity index (χ0v) is 21.7. The Balaban J connectivity index is 1.21. The van der Waals surface area contributed by atoms with Crippen molar-refractivity contribution < 1.29 is 33.1 Å². The number of fused-ring (bicyclic) bond motifs is 3. The molecule has 2 saturated carbocycles. The molecule has 37 heavy (non-hydrogen) atoms. The lowest BCUT2D eigenvalue weighted by atomic mass is 9.46. The van der Waals surface area contributed by atoms with Crippen LogP contribution in [0, 0.1) is 29.6 Å². The molecule has 1 saturated heterocycles. The molecule has 2 aromatic heterocycles. The van der Waals surface area contributed by atoms with Crippen molar-refractivity contribution in [3.63, 3.8) is 0 Å². The predicted molar refractivity (Wildman–Crippen MR) is 131 cm³/mol. The van der Waals surface area contributed by atoms with Crippen molar-refractivity contribution >= 4 is 11.8 Å². The molecule has 3 fully saturated rings. The molecule has 3 heterocycles. The van der Waals surface area contributed by atoms with Gasteiger partial charge in [-0.05, 0) is 62.0 Å². The van der Waals surface area contributed by atoms with Gasteiger partial charge in [-0.25, -0.2) is 0 Å². The van der Waals surface area contributed by atoms with E-state index in [4.69, 9.17) is 18.4 Å². The zero-order valence-electron chi connectivity index (χ0n) is 21.7. The Labute approximate surface area is 216 Å². The fraction of sp³-hybridized carbons (Fsp3) is 0.667. The molecular formula is C27H37N3O7. The largest absolute Gasteiger partial charge is 0.467 e. The minimum Gasteiger partial charge on any atom is -0.467 e. The van der Waals surface area contributed by atoms with E-state index in [9.17, 15) is 14.7 Å². The molecule has 202 valence electrons. The Morgan fingerprint density at radius 3 is 2.76 bits per heavy atom. The third-order valence-electron chi connectivity index (χ3n) is 8.97. The van der Waals surface area contributed by atoms with Crippen LogP contribution in [0.25, 0.3) is 0 Å². The number of aryl methyl sites for hydroxylation is 1. The fourth-order valence-corrected chi connectivity index (χ4v) is 7.00. The summed E-state index contributed by atoms with van der Waals surface area (Å²) >= 11 is 0. The summed E-state index contributed by atoms with van der Waals surface area (Å²) in [7, 11) is 0. The highest BCUT2D eigenvalue weighted by atomic mass is 16.7. The summed E-state index contributed by atoms with van der Waals surface area (Å²) in [5.41, 5.74) is -0.241. The van der Waals surface area contributed by atoms with Crippen molar-refractivity contribution in [3.8, 4) is 0 Å². The molecule has 3 aliphatic rings.